The van der Waals surface area contributed by atoms with Gasteiger partial charge in [-0.1, -0.05) is 0 Å². The Morgan fingerprint density at radius 1 is 0.824 bits per heavy atom. The maximum absolute atomic E-state index is 5.86. The average Bonchev–Trinajstić information content (AvgIpc) is 2.31. The Bertz CT molecular complexity index is 286. The van der Waals surface area contributed by atoms with Gasteiger partial charge in [0.25, 0.3) is 0 Å². The second kappa shape index (κ2) is 8.01. The Labute approximate surface area is 109 Å². The van der Waals surface area contributed by atoms with Crippen molar-refractivity contribution >= 4 is 0 Å². The molecule has 0 amide bonds. The van der Waals surface area contributed by atoms with Gasteiger partial charge in [-0.15, -0.1) is 0 Å². The van der Waals surface area contributed by atoms with Crippen molar-refractivity contribution in [3.8, 4) is 0 Å². The normalized spacial score (nSPS) is 11.7. The van der Waals surface area contributed by atoms with Gasteiger partial charge in [0, 0.05) is 0 Å². The maximum atomic E-state index is 5.86. The van der Waals surface area contributed by atoms with Crippen LogP contribution >= 0.6 is 0 Å². The van der Waals surface area contributed by atoms with Gasteiger partial charge in [-0.05, 0) is 0 Å². The van der Waals surface area contributed by atoms with Gasteiger partial charge in [0.05, 0.1) is 0 Å². The Balaban J connectivity index is 2.80. The van der Waals surface area contributed by atoms with E-state index in [4.69, 9.17) is 9.96 Å². The van der Waals surface area contributed by atoms with Crippen molar-refractivity contribution < 1.29 is 27.7 Å². The minimum atomic E-state index is -3.09. The summed E-state index contributed by atoms with van der Waals surface area (Å²) in [6.45, 7) is 7.90. The van der Waals surface area contributed by atoms with Crippen LogP contribution in [0.5, 0.6) is 0 Å². The molecule has 1 aromatic rings. The van der Waals surface area contributed by atoms with Gasteiger partial charge in [-0.3, -0.25) is 0 Å². The molecule has 4 heteroatoms. The van der Waals surface area contributed by atoms with Crippen LogP contribution in [-0.2, 0) is 32.4 Å². The molecule has 0 aliphatic heterocycles. The van der Waals surface area contributed by atoms with Crippen LogP contribution in [-0.4, -0.2) is 19.8 Å². The topological polar surface area (TPSA) is 27.7 Å². The number of benzene rings is 1. The molecular weight excluding hydrogens is 252 g/mol. The molecule has 1 rings (SSSR count). The van der Waals surface area contributed by atoms with Crippen LogP contribution in [0.3, 0.4) is 0 Å². The van der Waals surface area contributed by atoms with Crippen LogP contribution in [0.4, 0.5) is 0 Å². The van der Waals surface area contributed by atoms with Gasteiger partial charge in [0.15, 0.2) is 0 Å². The van der Waals surface area contributed by atoms with E-state index in [9.17, 15) is 0 Å². The monoisotopic (exact) mass is 274 g/mol. The molecule has 0 heterocycles. The third-order valence-electron chi connectivity index (χ3n) is 2.36. The van der Waals surface area contributed by atoms with Crippen molar-refractivity contribution in [1.29, 1.82) is 0 Å². The zero-order valence-corrected chi connectivity index (χ0v) is 12.5. The van der Waals surface area contributed by atoms with Crippen LogP contribution in [0.15, 0.2) is 30.3 Å². The van der Waals surface area contributed by atoms with Gasteiger partial charge in [0.1, 0.15) is 0 Å². The average molecular weight is 274 g/mol. The molecule has 0 aliphatic carbocycles. The summed E-state index contributed by atoms with van der Waals surface area (Å²) in [5, 5.41) is 0. The van der Waals surface area contributed by atoms with E-state index in [1.807, 2.05) is 39.0 Å². The van der Waals surface area contributed by atoms with Crippen LogP contribution in [0.1, 0.15) is 26.3 Å². The molecule has 0 bridgehead atoms. The van der Waals surface area contributed by atoms with Crippen molar-refractivity contribution in [3.05, 3.63) is 35.9 Å². The summed E-state index contributed by atoms with van der Waals surface area (Å²) in [6.07, 6.45) is 0. The molecule has 0 aromatic heterocycles. The van der Waals surface area contributed by atoms with Crippen LogP contribution < -0.4 is 0 Å². The van der Waals surface area contributed by atoms with Crippen LogP contribution in [0.25, 0.3) is 0 Å². The second-order valence-electron chi connectivity index (χ2n) is 3.64. The SMILES string of the molecule is CC[O][Ti]([CH2]c1ccccc1)([O]CC)[O]CC. The molecule has 0 fully saturated rings. The first-order valence-corrected chi connectivity index (χ1v) is 9.23. The van der Waals surface area contributed by atoms with E-state index in [1.165, 1.54) is 5.56 Å². The summed E-state index contributed by atoms with van der Waals surface area (Å²) in [5.74, 6) is 0. The summed E-state index contributed by atoms with van der Waals surface area (Å²) in [5.41, 5.74) is 1.22. The first-order chi connectivity index (χ1) is 8.26. The molecule has 17 heavy (non-hydrogen) atoms. The third kappa shape index (κ3) is 4.90. The summed E-state index contributed by atoms with van der Waals surface area (Å²) in [4.78, 5) is 0. The van der Waals surface area contributed by atoms with E-state index < -0.39 is 17.8 Å². The Hall–Kier alpha value is -0.186. The molecule has 0 atom stereocenters. The Kier molecular flexibility index (Phi) is 7.01. The van der Waals surface area contributed by atoms with Gasteiger partial charge >= 0.3 is 109 Å². The molecule has 0 radical (unpaired) electrons. The van der Waals surface area contributed by atoms with E-state index in [2.05, 4.69) is 12.1 Å². The zero-order chi connectivity index (χ0) is 12.6. The molecule has 0 aliphatic rings. The Morgan fingerprint density at radius 2 is 1.29 bits per heavy atom. The van der Waals surface area contributed by atoms with E-state index in [-0.39, 0.29) is 0 Å². The van der Waals surface area contributed by atoms with Crippen molar-refractivity contribution in [2.75, 3.05) is 19.8 Å². The Morgan fingerprint density at radius 3 is 1.71 bits per heavy atom. The quantitative estimate of drug-likeness (QED) is 0.681. The van der Waals surface area contributed by atoms with E-state index in [1.54, 1.807) is 0 Å². The molecule has 0 unspecified atom stereocenters. The van der Waals surface area contributed by atoms with Crippen molar-refractivity contribution in [2.24, 2.45) is 0 Å². The third-order valence-corrected chi connectivity index (χ3v) is 7.08. The molecule has 0 saturated carbocycles. The van der Waals surface area contributed by atoms with Gasteiger partial charge in [0.2, 0.25) is 0 Å². The van der Waals surface area contributed by atoms with E-state index in [0.717, 1.165) is 4.73 Å². The zero-order valence-electron chi connectivity index (χ0n) is 10.9. The molecular formula is C13H22O3Ti. The fraction of sp³-hybridized carbons (Fsp3) is 0.538. The van der Waals surface area contributed by atoms with E-state index in [0.29, 0.717) is 19.8 Å². The second-order valence-corrected chi connectivity index (χ2v) is 7.68. The molecule has 3 nitrogen and oxygen atoms in total. The minimum absolute atomic E-state index is 0.646. The molecule has 1 aromatic carbocycles. The summed E-state index contributed by atoms with van der Waals surface area (Å²) >= 11 is -3.09. The van der Waals surface area contributed by atoms with Crippen LogP contribution in [0.2, 0.25) is 0 Å². The fourth-order valence-corrected chi connectivity index (χ4v) is 5.86. The summed E-state index contributed by atoms with van der Waals surface area (Å²) in [6, 6.07) is 10.3. The number of hydrogen-bond acceptors (Lipinski definition) is 3. The summed E-state index contributed by atoms with van der Waals surface area (Å²) in [7, 11) is 0. The van der Waals surface area contributed by atoms with Crippen molar-refractivity contribution in [1.82, 2.24) is 0 Å². The standard InChI is InChI=1S/C7H7.3C2H5O.Ti/c1-7-5-3-2-4-6-7;3*1-2-3;/h2-6H,1H2;3*2H2,1H3;/q;3*-1;+3. The fourth-order valence-electron chi connectivity index (χ4n) is 1.78. The van der Waals surface area contributed by atoms with Gasteiger partial charge < -0.3 is 0 Å². The van der Waals surface area contributed by atoms with Crippen LogP contribution in [0, 0.1) is 0 Å². The first kappa shape index (κ1) is 14.9. The predicted molar refractivity (Wildman–Crippen MR) is 65.0 cm³/mol. The predicted octanol–water partition coefficient (Wildman–Crippen LogP) is 3.20. The molecule has 0 saturated heterocycles. The molecule has 0 spiro atoms. The first-order valence-electron chi connectivity index (χ1n) is 6.22. The van der Waals surface area contributed by atoms with Gasteiger partial charge in [-0.25, -0.2) is 0 Å². The number of rotatable bonds is 8. The van der Waals surface area contributed by atoms with Crippen molar-refractivity contribution in [2.45, 2.75) is 25.5 Å². The summed E-state index contributed by atoms with van der Waals surface area (Å²) < 4.78 is 18.4. The van der Waals surface area contributed by atoms with Gasteiger partial charge in [-0.2, -0.15) is 0 Å². The van der Waals surface area contributed by atoms with Crippen molar-refractivity contribution in [3.63, 3.8) is 0 Å². The molecule has 96 valence electrons. The molecule has 0 N–H and O–H groups in total. The van der Waals surface area contributed by atoms with E-state index >= 15 is 0 Å². The number of hydrogen-bond donors (Lipinski definition) is 0.